The van der Waals surface area contributed by atoms with Crippen molar-refractivity contribution in [3.8, 4) is 10.8 Å². The molecule has 2 rings (SSSR count). The van der Waals surface area contributed by atoms with Crippen molar-refractivity contribution in [1.29, 1.82) is 0 Å². The van der Waals surface area contributed by atoms with Crippen LogP contribution in [0.3, 0.4) is 0 Å². The second-order valence-corrected chi connectivity index (χ2v) is 5.24. The average molecular weight is 318 g/mol. The summed E-state index contributed by atoms with van der Waals surface area (Å²) in [4.78, 5) is 11.1. The smallest absolute Gasteiger partial charge is 0.200 e. The average Bonchev–Trinajstić information content (AvgIpc) is 2.63. The third kappa shape index (κ3) is 2.45. The Balaban J connectivity index is 2.30. The molecule has 0 saturated carbocycles. The lowest BCUT2D eigenvalue weighted by atomic mass is 10.3. The normalized spacial score (nSPS) is 10.1. The molecule has 0 aliphatic rings. The first-order chi connectivity index (χ1) is 7.70. The van der Waals surface area contributed by atoms with Crippen LogP contribution in [-0.2, 0) is 0 Å². The van der Waals surface area contributed by atoms with Crippen LogP contribution in [0.2, 0.25) is 5.02 Å². The van der Waals surface area contributed by atoms with Crippen molar-refractivity contribution in [2.75, 3.05) is 0 Å². The molecule has 0 aliphatic carbocycles. The number of para-hydroxylation sites is 1. The van der Waals surface area contributed by atoms with Crippen LogP contribution in [0.5, 0.6) is 10.8 Å². The fraction of sp³-hybridized carbons (Fsp3) is 0. The topological polar surface area (TPSA) is 26.3 Å². The molecule has 0 bridgehead atoms. The summed E-state index contributed by atoms with van der Waals surface area (Å²) in [5, 5.41) is 0.971. The van der Waals surface area contributed by atoms with E-state index in [0.29, 0.717) is 20.7 Å². The summed E-state index contributed by atoms with van der Waals surface area (Å²) in [6, 6.07) is 9.04. The van der Waals surface area contributed by atoms with E-state index in [9.17, 15) is 4.79 Å². The van der Waals surface area contributed by atoms with Gasteiger partial charge in [-0.05, 0) is 34.1 Å². The lowest BCUT2D eigenvalue weighted by Crippen LogP contribution is -1.81. The summed E-state index contributed by atoms with van der Waals surface area (Å²) in [5.41, 5.74) is 0. The number of aldehydes is 1. The van der Waals surface area contributed by atoms with Gasteiger partial charge in [0.25, 0.3) is 0 Å². The first kappa shape index (κ1) is 11.6. The second-order valence-electron chi connectivity index (χ2n) is 2.93. The third-order valence-corrected chi connectivity index (χ3v) is 3.82. The van der Waals surface area contributed by atoms with Crippen molar-refractivity contribution in [3.05, 3.63) is 44.7 Å². The zero-order valence-corrected chi connectivity index (χ0v) is 11.1. The van der Waals surface area contributed by atoms with E-state index in [0.717, 1.165) is 10.8 Å². The Labute approximate surface area is 110 Å². The van der Waals surface area contributed by atoms with Crippen LogP contribution >= 0.6 is 38.9 Å². The molecule has 82 valence electrons. The molecule has 2 aromatic rings. The van der Waals surface area contributed by atoms with Gasteiger partial charge >= 0.3 is 0 Å². The molecule has 0 radical (unpaired) electrons. The van der Waals surface area contributed by atoms with Gasteiger partial charge in [0.1, 0.15) is 5.75 Å². The summed E-state index contributed by atoms with van der Waals surface area (Å²) in [6.07, 6.45) is 0.753. The molecule has 0 unspecified atom stereocenters. The molecule has 16 heavy (non-hydrogen) atoms. The molecule has 0 saturated heterocycles. The monoisotopic (exact) mass is 316 g/mol. The van der Waals surface area contributed by atoms with Crippen LogP contribution in [0.4, 0.5) is 0 Å². The molecule has 0 aliphatic heterocycles. The highest BCUT2D eigenvalue weighted by atomic mass is 79.9. The quantitative estimate of drug-likeness (QED) is 0.762. The maximum atomic E-state index is 10.6. The third-order valence-electron chi connectivity index (χ3n) is 1.83. The van der Waals surface area contributed by atoms with Gasteiger partial charge < -0.3 is 4.74 Å². The van der Waals surface area contributed by atoms with Gasteiger partial charge in [0.05, 0.1) is 14.4 Å². The van der Waals surface area contributed by atoms with Crippen molar-refractivity contribution in [2.24, 2.45) is 0 Å². The number of thiophene rings is 1. The molecule has 1 heterocycles. The lowest BCUT2D eigenvalue weighted by Gasteiger charge is -2.04. The highest BCUT2D eigenvalue weighted by molar-refractivity contribution is 9.10. The van der Waals surface area contributed by atoms with E-state index >= 15 is 0 Å². The number of ether oxygens (including phenoxy) is 1. The van der Waals surface area contributed by atoms with E-state index in [2.05, 4.69) is 15.9 Å². The van der Waals surface area contributed by atoms with Crippen LogP contribution in [0, 0.1) is 0 Å². The molecule has 0 N–H and O–H groups in total. The van der Waals surface area contributed by atoms with E-state index in [1.165, 1.54) is 11.3 Å². The van der Waals surface area contributed by atoms with Gasteiger partial charge in [-0.25, -0.2) is 0 Å². The summed E-state index contributed by atoms with van der Waals surface area (Å²) in [5.74, 6) is 0.670. The maximum absolute atomic E-state index is 10.6. The number of carbonyl (C=O) groups excluding carboxylic acids is 1. The summed E-state index contributed by atoms with van der Waals surface area (Å²) < 4.78 is 6.44. The fourth-order valence-electron chi connectivity index (χ4n) is 1.12. The largest absolute Gasteiger partial charge is 0.444 e. The Bertz CT molecular complexity index is 524. The van der Waals surface area contributed by atoms with Gasteiger partial charge in [0.15, 0.2) is 11.3 Å². The van der Waals surface area contributed by atoms with Gasteiger partial charge in [-0.2, -0.15) is 0 Å². The van der Waals surface area contributed by atoms with Crippen molar-refractivity contribution < 1.29 is 9.53 Å². The van der Waals surface area contributed by atoms with Crippen molar-refractivity contribution in [2.45, 2.75) is 0 Å². The molecule has 5 heteroatoms. The number of hydrogen-bond donors (Lipinski definition) is 0. The second kappa shape index (κ2) is 4.99. The zero-order chi connectivity index (χ0) is 11.5. The van der Waals surface area contributed by atoms with E-state index in [-0.39, 0.29) is 0 Å². The van der Waals surface area contributed by atoms with E-state index < -0.39 is 0 Å². The van der Waals surface area contributed by atoms with E-state index in [4.69, 9.17) is 16.3 Å². The highest BCUT2D eigenvalue weighted by Crippen LogP contribution is 2.39. The van der Waals surface area contributed by atoms with Crippen LogP contribution in [0.25, 0.3) is 0 Å². The number of halogens is 2. The Morgan fingerprint density at radius 2 is 2.12 bits per heavy atom. The van der Waals surface area contributed by atoms with Crippen molar-refractivity contribution >= 4 is 45.2 Å². The molecule has 0 amide bonds. The van der Waals surface area contributed by atoms with Crippen LogP contribution in [-0.4, -0.2) is 6.29 Å². The molecular weight excluding hydrogens is 312 g/mol. The van der Waals surface area contributed by atoms with Crippen LogP contribution < -0.4 is 4.74 Å². The SMILES string of the molecule is O=Cc1cc(Cl)c(Oc2ccccc2Br)s1. The minimum Gasteiger partial charge on any atom is -0.444 e. The minimum absolute atomic E-state index is 0.447. The molecular formula is C11H6BrClO2S. The molecule has 0 atom stereocenters. The molecule has 0 fully saturated rings. The minimum atomic E-state index is 0.447. The first-order valence-electron chi connectivity index (χ1n) is 4.37. The van der Waals surface area contributed by atoms with Crippen LogP contribution in [0.15, 0.2) is 34.8 Å². The Morgan fingerprint density at radius 3 is 2.75 bits per heavy atom. The van der Waals surface area contributed by atoms with E-state index in [1.54, 1.807) is 6.07 Å². The summed E-state index contributed by atoms with van der Waals surface area (Å²) >= 11 is 10.5. The maximum Gasteiger partial charge on any atom is 0.200 e. The molecule has 2 nitrogen and oxygen atoms in total. The predicted molar refractivity (Wildman–Crippen MR) is 68.9 cm³/mol. The fourth-order valence-corrected chi connectivity index (χ4v) is 2.55. The Morgan fingerprint density at radius 1 is 1.38 bits per heavy atom. The van der Waals surface area contributed by atoms with Crippen LogP contribution in [0.1, 0.15) is 9.67 Å². The summed E-state index contributed by atoms with van der Waals surface area (Å²) in [6.45, 7) is 0. The van der Waals surface area contributed by atoms with Gasteiger partial charge in [0, 0.05) is 0 Å². The van der Waals surface area contributed by atoms with Crippen molar-refractivity contribution in [3.63, 3.8) is 0 Å². The van der Waals surface area contributed by atoms with Gasteiger partial charge in [-0.3, -0.25) is 4.79 Å². The Hall–Kier alpha value is -0.840. The molecule has 1 aromatic heterocycles. The zero-order valence-electron chi connectivity index (χ0n) is 7.94. The number of benzene rings is 1. The van der Waals surface area contributed by atoms with Gasteiger partial charge in [0.2, 0.25) is 0 Å². The number of hydrogen-bond acceptors (Lipinski definition) is 3. The van der Waals surface area contributed by atoms with Gasteiger partial charge in [-0.1, -0.05) is 35.1 Å². The number of rotatable bonds is 3. The molecule has 1 aromatic carbocycles. The number of carbonyl (C=O) groups is 1. The van der Waals surface area contributed by atoms with E-state index in [1.807, 2.05) is 24.3 Å². The first-order valence-corrected chi connectivity index (χ1v) is 6.36. The lowest BCUT2D eigenvalue weighted by molar-refractivity contribution is 0.112. The Kier molecular flexibility index (Phi) is 3.63. The molecule has 0 spiro atoms. The van der Waals surface area contributed by atoms with Gasteiger partial charge in [-0.15, -0.1) is 0 Å². The standard InChI is InChI=1S/C11H6BrClO2S/c12-8-3-1-2-4-10(8)15-11-9(13)5-7(6-14)16-11/h1-6H. The summed E-state index contributed by atoms with van der Waals surface area (Å²) in [7, 11) is 0. The predicted octanol–water partition coefficient (Wildman–Crippen LogP) is 4.77. The highest BCUT2D eigenvalue weighted by Gasteiger charge is 2.10. The van der Waals surface area contributed by atoms with Crippen molar-refractivity contribution in [1.82, 2.24) is 0 Å².